The number of methoxy groups -OCH3 is 2. The monoisotopic (exact) mass is 389 g/mol. The molecule has 5 nitrogen and oxygen atoms in total. The first kappa shape index (κ1) is 19.5. The lowest BCUT2D eigenvalue weighted by Crippen LogP contribution is -2.51. The highest BCUT2D eigenvalue weighted by atomic mass is 35.5. The highest BCUT2D eigenvalue weighted by molar-refractivity contribution is 6.30. The van der Waals surface area contributed by atoms with E-state index in [0.29, 0.717) is 36.2 Å². The molecule has 0 spiro atoms. The summed E-state index contributed by atoms with van der Waals surface area (Å²) in [5.41, 5.74) is 1.60. The van der Waals surface area contributed by atoms with Crippen molar-refractivity contribution in [2.75, 3.05) is 27.4 Å². The number of nitrogens with one attached hydrogen (secondary N) is 1. The van der Waals surface area contributed by atoms with Gasteiger partial charge in [-0.1, -0.05) is 29.8 Å². The topological polar surface area (TPSA) is 56.8 Å². The molecule has 0 aromatic heterocycles. The maximum absolute atomic E-state index is 12.7. The number of carbonyl (C=O) groups excluding carboxylic acids is 1. The minimum atomic E-state index is -0.387. The van der Waals surface area contributed by atoms with Crippen LogP contribution in [0.2, 0.25) is 5.02 Å². The largest absolute Gasteiger partial charge is 0.493 e. The van der Waals surface area contributed by atoms with Crippen LogP contribution in [0.5, 0.6) is 11.5 Å². The van der Waals surface area contributed by atoms with Gasteiger partial charge in [0.05, 0.1) is 32.8 Å². The first-order valence-electron chi connectivity index (χ1n) is 8.88. The number of rotatable bonds is 7. The number of benzene rings is 2. The Morgan fingerprint density at radius 3 is 2.44 bits per heavy atom. The van der Waals surface area contributed by atoms with Gasteiger partial charge < -0.3 is 19.5 Å². The molecule has 0 bridgehead atoms. The average molecular weight is 390 g/mol. The summed E-state index contributed by atoms with van der Waals surface area (Å²) in [4.78, 5) is 12.7. The molecule has 1 fully saturated rings. The molecular formula is C21H24ClNO4. The van der Waals surface area contributed by atoms with Crippen molar-refractivity contribution in [3.63, 3.8) is 0 Å². The van der Waals surface area contributed by atoms with Crippen molar-refractivity contribution in [1.29, 1.82) is 0 Å². The fourth-order valence-electron chi connectivity index (χ4n) is 3.40. The summed E-state index contributed by atoms with van der Waals surface area (Å²) in [6.45, 7) is 1.15. The molecule has 144 valence electrons. The van der Waals surface area contributed by atoms with Crippen molar-refractivity contribution < 1.29 is 19.0 Å². The molecule has 1 saturated heterocycles. The maximum atomic E-state index is 12.7. The van der Waals surface area contributed by atoms with Crippen LogP contribution in [-0.4, -0.2) is 38.9 Å². The summed E-state index contributed by atoms with van der Waals surface area (Å²) in [5.74, 6) is 1.22. The molecule has 27 heavy (non-hydrogen) atoms. The van der Waals surface area contributed by atoms with Gasteiger partial charge in [0.1, 0.15) is 0 Å². The van der Waals surface area contributed by atoms with Crippen LogP contribution in [-0.2, 0) is 22.4 Å². The molecule has 0 radical (unpaired) electrons. The molecule has 1 amide bonds. The molecule has 1 aliphatic rings. The van der Waals surface area contributed by atoms with E-state index in [1.165, 1.54) is 0 Å². The summed E-state index contributed by atoms with van der Waals surface area (Å²) in [5, 5.41) is 3.90. The summed E-state index contributed by atoms with van der Waals surface area (Å²) in [7, 11) is 3.17. The van der Waals surface area contributed by atoms with Gasteiger partial charge in [-0.05, 0) is 48.2 Å². The van der Waals surface area contributed by atoms with Gasteiger partial charge in [-0.3, -0.25) is 4.79 Å². The Kier molecular flexibility index (Phi) is 6.24. The average Bonchev–Trinajstić information content (AvgIpc) is 3.11. The molecule has 2 aromatic rings. The third kappa shape index (κ3) is 4.93. The number of halogens is 1. The van der Waals surface area contributed by atoms with Crippen molar-refractivity contribution in [2.45, 2.75) is 24.8 Å². The Balaban J connectivity index is 1.69. The van der Waals surface area contributed by atoms with Gasteiger partial charge in [-0.15, -0.1) is 0 Å². The van der Waals surface area contributed by atoms with Crippen molar-refractivity contribution in [3.8, 4) is 11.5 Å². The number of hydrogen-bond donors (Lipinski definition) is 1. The minimum absolute atomic E-state index is 0.0401. The zero-order valence-corrected chi connectivity index (χ0v) is 16.3. The van der Waals surface area contributed by atoms with Crippen LogP contribution >= 0.6 is 11.6 Å². The predicted octanol–water partition coefficient (Wildman–Crippen LogP) is 3.42. The quantitative estimate of drug-likeness (QED) is 0.788. The lowest BCUT2D eigenvalue weighted by Gasteiger charge is -2.29. The molecule has 1 atom stereocenters. The van der Waals surface area contributed by atoms with E-state index in [4.69, 9.17) is 25.8 Å². The fourth-order valence-corrected chi connectivity index (χ4v) is 3.52. The summed E-state index contributed by atoms with van der Waals surface area (Å²) >= 11 is 5.97. The van der Waals surface area contributed by atoms with E-state index in [1.807, 2.05) is 42.5 Å². The van der Waals surface area contributed by atoms with Gasteiger partial charge in [0, 0.05) is 11.6 Å². The fraction of sp³-hybridized carbons (Fsp3) is 0.381. The number of amides is 1. The lowest BCUT2D eigenvalue weighted by molar-refractivity contribution is -0.122. The molecule has 1 aliphatic heterocycles. The SMILES string of the molecule is COc1ccc(CC(=O)NC2(Cc3ccc(Cl)cc3)CCOC2)cc1OC. The van der Waals surface area contributed by atoms with Crippen LogP contribution in [0.4, 0.5) is 0 Å². The van der Waals surface area contributed by atoms with Crippen LogP contribution < -0.4 is 14.8 Å². The van der Waals surface area contributed by atoms with E-state index in [9.17, 15) is 4.79 Å². The first-order chi connectivity index (χ1) is 13.0. The zero-order valence-electron chi connectivity index (χ0n) is 15.6. The van der Waals surface area contributed by atoms with Crippen molar-refractivity contribution >= 4 is 17.5 Å². The van der Waals surface area contributed by atoms with Gasteiger partial charge in [-0.25, -0.2) is 0 Å². The van der Waals surface area contributed by atoms with Crippen LogP contribution in [0.25, 0.3) is 0 Å². The summed E-state index contributed by atoms with van der Waals surface area (Å²) < 4.78 is 16.2. The van der Waals surface area contributed by atoms with Gasteiger partial charge in [0.15, 0.2) is 11.5 Å². The first-order valence-corrected chi connectivity index (χ1v) is 9.25. The molecule has 6 heteroatoms. The van der Waals surface area contributed by atoms with Gasteiger partial charge in [0.25, 0.3) is 0 Å². The maximum Gasteiger partial charge on any atom is 0.224 e. The third-order valence-corrected chi connectivity index (χ3v) is 5.03. The molecule has 1 heterocycles. The smallest absolute Gasteiger partial charge is 0.224 e. The number of carbonyl (C=O) groups is 1. The highest BCUT2D eigenvalue weighted by Gasteiger charge is 2.36. The van der Waals surface area contributed by atoms with Gasteiger partial charge >= 0.3 is 0 Å². The van der Waals surface area contributed by atoms with E-state index < -0.39 is 0 Å². The van der Waals surface area contributed by atoms with Crippen LogP contribution in [0.1, 0.15) is 17.5 Å². The van der Waals surface area contributed by atoms with Crippen molar-refractivity contribution in [3.05, 3.63) is 58.6 Å². The molecule has 1 N–H and O–H groups in total. The van der Waals surface area contributed by atoms with E-state index in [2.05, 4.69) is 5.32 Å². The summed E-state index contributed by atoms with van der Waals surface area (Å²) in [6, 6.07) is 13.2. The molecule has 2 aromatic carbocycles. The second kappa shape index (κ2) is 8.63. The molecule has 0 saturated carbocycles. The lowest BCUT2D eigenvalue weighted by atomic mass is 9.89. The minimum Gasteiger partial charge on any atom is -0.493 e. The summed E-state index contributed by atoms with van der Waals surface area (Å²) in [6.07, 6.45) is 1.76. The van der Waals surface area contributed by atoms with Crippen LogP contribution in [0.15, 0.2) is 42.5 Å². The number of hydrogen-bond acceptors (Lipinski definition) is 4. The Labute approximate surface area is 164 Å². The van der Waals surface area contributed by atoms with Crippen molar-refractivity contribution in [1.82, 2.24) is 5.32 Å². The third-order valence-electron chi connectivity index (χ3n) is 4.78. The molecule has 3 rings (SSSR count). The van der Waals surface area contributed by atoms with Crippen LogP contribution in [0.3, 0.4) is 0 Å². The van der Waals surface area contributed by atoms with Gasteiger partial charge in [-0.2, -0.15) is 0 Å². The normalized spacial score (nSPS) is 18.9. The Bertz CT molecular complexity index is 785. The highest BCUT2D eigenvalue weighted by Crippen LogP contribution is 2.28. The van der Waals surface area contributed by atoms with Crippen molar-refractivity contribution in [2.24, 2.45) is 0 Å². The Morgan fingerprint density at radius 2 is 1.81 bits per heavy atom. The van der Waals surface area contributed by atoms with E-state index in [-0.39, 0.29) is 17.9 Å². The molecule has 1 unspecified atom stereocenters. The van der Waals surface area contributed by atoms with Crippen LogP contribution in [0, 0.1) is 0 Å². The Hall–Kier alpha value is -2.24. The zero-order chi connectivity index (χ0) is 19.3. The number of ether oxygens (including phenoxy) is 3. The second-order valence-corrected chi connectivity index (χ2v) is 7.24. The van der Waals surface area contributed by atoms with E-state index >= 15 is 0 Å². The Morgan fingerprint density at radius 1 is 1.11 bits per heavy atom. The van der Waals surface area contributed by atoms with Gasteiger partial charge in [0.2, 0.25) is 5.91 Å². The second-order valence-electron chi connectivity index (χ2n) is 6.80. The van der Waals surface area contributed by atoms with E-state index in [0.717, 1.165) is 17.5 Å². The predicted molar refractivity (Wildman–Crippen MR) is 105 cm³/mol. The van der Waals surface area contributed by atoms with E-state index in [1.54, 1.807) is 14.2 Å². The molecular weight excluding hydrogens is 366 g/mol. The standard InChI is InChI=1S/C21H24ClNO4/c1-25-18-8-5-16(11-19(18)26-2)12-20(24)23-21(9-10-27-14-21)13-15-3-6-17(22)7-4-15/h3-8,11H,9-10,12-14H2,1-2H3,(H,23,24). The molecule has 0 aliphatic carbocycles.